The van der Waals surface area contributed by atoms with Crippen molar-refractivity contribution in [3.05, 3.63) is 200 Å². The van der Waals surface area contributed by atoms with E-state index in [0.717, 1.165) is 60.2 Å². The molecule has 6 aliphatic heterocycles. The molecule has 6 aliphatic rings. The Morgan fingerprint density at radius 3 is 1.81 bits per heavy atom. The fourth-order valence-corrected chi connectivity index (χ4v) is 11.9. The van der Waals surface area contributed by atoms with Crippen LogP contribution in [0.15, 0.2) is 140 Å². The Kier molecular flexibility index (Phi) is 17.0. The summed E-state index contributed by atoms with van der Waals surface area (Å²) in [6.45, 7) is -0.0752. The summed E-state index contributed by atoms with van der Waals surface area (Å²) in [5.41, 5.74) is 4.97. The van der Waals surface area contributed by atoms with Crippen molar-refractivity contribution in [3.8, 4) is 80.1 Å². The molecule has 6 amide bonds. The number of carbonyl (C=O) groups excluding carboxylic acids is 6. The average molecular weight is 1320 g/mol. The number of benzene rings is 8. The summed E-state index contributed by atoms with van der Waals surface area (Å²) in [4.78, 5) is 104. The largest absolute Gasteiger partial charge is 0.508 e. The molecule has 8 aromatic carbocycles. The maximum absolute atomic E-state index is 15.9. The van der Waals surface area contributed by atoms with Crippen LogP contribution in [-0.2, 0) is 53.1 Å². The Morgan fingerprint density at radius 1 is 0.521 bits per heavy atom. The number of nitrogens with one attached hydrogen (secondary N) is 7. The van der Waals surface area contributed by atoms with Crippen LogP contribution in [0.1, 0.15) is 86.4 Å². The SMILES string of the molecule is N[C@@H]1C(=O)N[C@H]2Cc3ccc(c(Cl)c3)Oc3cc4cc(c3O)Oc3ccc(cc3Cl)C(O)[C@@H]3NC(=O)[C@@H](NC(=O)[C@H]4NC(=O)[C@@H](NC2=O)c2cc(O)cc(c2)Oc2cc1ccc2O)c1ccc(O)c(c1)-c1c(cc(O)c(CNCc2ccccc2)c1O)[C@@H](C(=O)O)NC3=O. The summed E-state index contributed by atoms with van der Waals surface area (Å²) in [7, 11) is 0. The van der Waals surface area contributed by atoms with Gasteiger partial charge in [-0.15, -0.1) is 0 Å². The number of halogens is 2. The lowest BCUT2D eigenvalue weighted by atomic mass is 9.88. The van der Waals surface area contributed by atoms with Crippen LogP contribution < -0.4 is 57.2 Å². The van der Waals surface area contributed by atoms with Crippen molar-refractivity contribution in [2.24, 2.45) is 5.73 Å². The molecule has 0 radical (unpaired) electrons. The summed E-state index contributed by atoms with van der Waals surface area (Å²) in [6.07, 6.45) is -2.50. The van der Waals surface area contributed by atoms with E-state index < -0.39 is 152 Å². The number of hydrogen-bond donors (Lipinski definition) is 16. The van der Waals surface area contributed by atoms with Crippen LogP contribution in [0.5, 0.6) is 69.0 Å². The van der Waals surface area contributed by atoms with Crippen LogP contribution in [0.2, 0.25) is 10.0 Å². The molecule has 6 heterocycles. The molecule has 1 unspecified atom stereocenters. The third-order valence-corrected chi connectivity index (χ3v) is 16.8. The Morgan fingerprint density at radius 2 is 1.13 bits per heavy atom. The Hall–Kier alpha value is -11.3. The molecule has 17 bridgehead atoms. The fourth-order valence-electron chi connectivity index (χ4n) is 11.4. The molecular weight excluding hydrogens is 1260 g/mol. The van der Waals surface area contributed by atoms with Gasteiger partial charge in [0, 0.05) is 42.3 Å². The summed E-state index contributed by atoms with van der Waals surface area (Å²) < 4.78 is 18.5. The van der Waals surface area contributed by atoms with Gasteiger partial charge in [0.1, 0.15) is 82.6 Å². The number of amides is 6. The smallest absolute Gasteiger partial charge is 0.330 e. The normalized spacial score (nSPS) is 21.0. The van der Waals surface area contributed by atoms with Gasteiger partial charge in [0.05, 0.1) is 15.6 Å². The van der Waals surface area contributed by atoms with E-state index in [1.165, 1.54) is 54.6 Å². The molecule has 0 saturated carbocycles. The average Bonchev–Trinajstić information content (AvgIpc) is 0.774. The predicted molar refractivity (Wildman–Crippen MR) is 332 cm³/mol. The van der Waals surface area contributed by atoms with E-state index in [4.69, 9.17) is 43.1 Å². The monoisotopic (exact) mass is 1320 g/mol. The second kappa shape index (κ2) is 25.4. The lowest BCUT2D eigenvalue weighted by Crippen LogP contribution is -2.55. The van der Waals surface area contributed by atoms with Crippen LogP contribution in [0.3, 0.4) is 0 Å². The molecule has 94 heavy (non-hydrogen) atoms. The molecule has 0 aliphatic carbocycles. The topological polar surface area (TPSA) is 419 Å². The van der Waals surface area contributed by atoms with Crippen molar-refractivity contribution in [1.29, 1.82) is 0 Å². The molecule has 26 nitrogen and oxygen atoms in total. The van der Waals surface area contributed by atoms with E-state index in [1.807, 2.05) is 12.1 Å². The number of aliphatic hydroxyl groups excluding tert-OH is 1. The van der Waals surface area contributed by atoms with Gasteiger partial charge in [-0.2, -0.15) is 0 Å². The molecule has 480 valence electrons. The zero-order valence-electron chi connectivity index (χ0n) is 48.5. The highest BCUT2D eigenvalue weighted by atomic mass is 35.5. The van der Waals surface area contributed by atoms with Gasteiger partial charge >= 0.3 is 5.97 Å². The van der Waals surface area contributed by atoms with Crippen LogP contribution in [0.25, 0.3) is 11.1 Å². The number of phenolic OH excluding ortho intramolecular Hbond substituents is 6. The number of hydrogen-bond acceptors (Lipinski definition) is 19. The number of carboxylic acid groups (broad SMARTS) is 1. The second-order valence-electron chi connectivity index (χ2n) is 22.4. The first-order valence-electron chi connectivity index (χ1n) is 28.8. The number of ether oxygens (including phenoxy) is 3. The van der Waals surface area contributed by atoms with Crippen LogP contribution in [0.4, 0.5) is 0 Å². The highest BCUT2D eigenvalue weighted by Gasteiger charge is 2.42. The van der Waals surface area contributed by atoms with Crippen molar-refractivity contribution in [1.82, 2.24) is 37.2 Å². The van der Waals surface area contributed by atoms with Gasteiger partial charge in [0.2, 0.25) is 41.2 Å². The lowest BCUT2D eigenvalue weighted by Gasteiger charge is -2.31. The van der Waals surface area contributed by atoms with E-state index in [1.54, 1.807) is 18.2 Å². The first-order valence-corrected chi connectivity index (χ1v) is 29.5. The molecule has 8 aromatic rings. The number of phenols is 6. The Labute approximate surface area is 541 Å². The maximum Gasteiger partial charge on any atom is 0.330 e. The molecule has 17 N–H and O–H groups in total. The Balaban J connectivity index is 1.06. The molecule has 0 saturated heterocycles. The molecule has 28 heteroatoms. The van der Waals surface area contributed by atoms with Crippen molar-refractivity contribution in [3.63, 3.8) is 0 Å². The number of aliphatic hydroxyl groups is 1. The number of fused-ring (bicyclic) bond motifs is 14. The van der Waals surface area contributed by atoms with E-state index in [2.05, 4.69) is 37.2 Å². The van der Waals surface area contributed by atoms with E-state index >= 15 is 14.4 Å². The van der Waals surface area contributed by atoms with Gasteiger partial charge < -0.3 is 98.0 Å². The van der Waals surface area contributed by atoms with Crippen LogP contribution in [0, 0.1) is 0 Å². The lowest BCUT2D eigenvalue weighted by molar-refractivity contribution is -0.143. The quantitative estimate of drug-likeness (QED) is 0.0902. The number of nitrogens with two attached hydrogens (primary N) is 1. The van der Waals surface area contributed by atoms with E-state index in [9.17, 15) is 60.0 Å². The molecular formula is C66H54Cl2N8O18. The van der Waals surface area contributed by atoms with Crippen LogP contribution in [-0.4, -0.2) is 94.3 Å². The summed E-state index contributed by atoms with van der Waals surface area (Å²) >= 11 is 13.8. The summed E-state index contributed by atoms with van der Waals surface area (Å²) in [5.74, 6) is -15.0. The van der Waals surface area contributed by atoms with E-state index in [-0.39, 0.29) is 85.9 Å². The number of carbonyl (C=O) groups is 7. The Bertz CT molecular complexity index is 4480. The summed E-state index contributed by atoms with van der Waals surface area (Å²) in [5, 5.41) is 111. The maximum atomic E-state index is 15.9. The van der Waals surface area contributed by atoms with Gasteiger partial charge in [-0.25, -0.2) is 4.79 Å². The molecule has 8 atom stereocenters. The minimum Gasteiger partial charge on any atom is -0.508 e. The molecule has 0 fully saturated rings. The third-order valence-electron chi connectivity index (χ3n) is 16.2. The number of aliphatic carboxylic acids is 1. The third kappa shape index (κ3) is 12.5. The number of aromatic hydroxyl groups is 6. The zero-order chi connectivity index (χ0) is 66.5. The number of carboxylic acids is 1. The minimum absolute atomic E-state index is 0.117. The fraction of sp³-hybridized carbons (Fsp3) is 0.167. The van der Waals surface area contributed by atoms with Gasteiger partial charge in [-0.1, -0.05) is 77.8 Å². The molecule has 14 rings (SSSR count). The highest BCUT2D eigenvalue weighted by Crippen LogP contribution is 2.49. The van der Waals surface area contributed by atoms with Gasteiger partial charge in [-0.3, -0.25) is 28.8 Å². The second-order valence-corrected chi connectivity index (χ2v) is 23.3. The van der Waals surface area contributed by atoms with E-state index in [0.29, 0.717) is 5.56 Å². The standard InChI is InChI=1S/C66H54Cl2N8O18/c67-39-14-28-6-12-45(39)93-48-21-33-22-49(59(48)83)94-46-13-9-31(19-40(46)68)57(81)56-65(89)75-55(66(90)91)37-24-44(80)38(26-70-25-27-4-2-1-3-5-27)58(82)50(37)36-18-30(8-10-42(36)78)52(62(86)76-56)73-64(88)54(33)74-63(87)53-32-16-34(77)23-35(17-32)92-47-20-29(7-11-43(47)79)51(69)61(85)71-41(15-28)60(84)72-53/h1-14,16-24,41,51-57,70,77-83H,15,25-26,69H2,(H,71,85)(H,72,84)(H,73,88)(H,74,87)(H,75,89)(H,76,86)(H,90,91)/t41-,51-,52-,53-,54-,55-,56-,57?/m0/s1. The van der Waals surface area contributed by atoms with Crippen molar-refractivity contribution >= 4 is 64.6 Å². The van der Waals surface area contributed by atoms with Crippen LogP contribution >= 0.6 is 23.2 Å². The first kappa shape index (κ1) is 62.9. The van der Waals surface area contributed by atoms with Crippen molar-refractivity contribution < 1.29 is 88.6 Å². The van der Waals surface area contributed by atoms with Crippen molar-refractivity contribution in [2.45, 2.75) is 67.9 Å². The zero-order valence-corrected chi connectivity index (χ0v) is 50.0. The van der Waals surface area contributed by atoms with Gasteiger partial charge in [0.25, 0.3) is 0 Å². The minimum atomic E-state index is -2.23. The molecule has 0 aromatic heterocycles. The summed E-state index contributed by atoms with van der Waals surface area (Å²) in [6, 6.07) is 16.4. The first-order chi connectivity index (χ1) is 45.0. The van der Waals surface area contributed by atoms with Crippen molar-refractivity contribution in [2.75, 3.05) is 0 Å². The van der Waals surface area contributed by atoms with Gasteiger partial charge in [-0.05, 0) is 118 Å². The van der Waals surface area contributed by atoms with Gasteiger partial charge in [0.15, 0.2) is 29.0 Å². The predicted octanol–water partition coefficient (Wildman–Crippen LogP) is 6.27. The highest BCUT2D eigenvalue weighted by molar-refractivity contribution is 6.32. The molecule has 0 spiro atoms. The number of rotatable bonds is 5.